The van der Waals surface area contributed by atoms with E-state index in [9.17, 15) is 0 Å². The van der Waals surface area contributed by atoms with Gasteiger partial charge in [0.1, 0.15) is 0 Å². The Morgan fingerprint density at radius 1 is 0.609 bits per heavy atom. The Hall–Kier alpha value is -2.06. The summed E-state index contributed by atoms with van der Waals surface area (Å²) in [5.74, 6) is 0. The van der Waals surface area contributed by atoms with Gasteiger partial charge in [-0.15, -0.1) is 0 Å². The molecule has 1 nitrogen and oxygen atoms in total. The first kappa shape index (κ1) is 15.8. The number of nitrogens with zero attached hydrogens (tertiary/aromatic N) is 1. The van der Waals surface area contributed by atoms with Crippen LogP contribution in [0.25, 0.3) is 0 Å². The molecule has 23 heavy (non-hydrogen) atoms. The zero-order valence-electron chi connectivity index (χ0n) is 13.0. The van der Waals surface area contributed by atoms with Crippen molar-refractivity contribution in [1.82, 2.24) is 0 Å². The van der Waals surface area contributed by atoms with E-state index >= 15 is 0 Å². The second-order valence-corrected chi connectivity index (χ2v) is 6.19. The fraction of sp³-hybridized carbons (Fsp3) is 0.143. The lowest BCUT2D eigenvalue weighted by molar-refractivity contribution is 0.799. The van der Waals surface area contributed by atoms with E-state index in [1.807, 2.05) is 0 Å². The summed E-state index contributed by atoms with van der Waals surface area (Å²) in [6, 6.07) is 30.0. The van der Waals surface area contributed by atoms with Gasteiger partial charge < -0.3 is 4.90 Å². The molecule has 0 heterocycles. The zero-order valence-corrected chi connectivity index (χ0v) is 14.6. The minimum atomic E-state index is 0.880. The summed E-state index contributed by atoms with van der Waals surface area (Å²) >= 11 is 3.56. The lowest BCUT2D eigenvalue weighted by Gasteiger charge is -2.26. The summed E-state index contributed by atoms with van der Waals surface area (Å²) in [6.45, 7) is 1.81. The first-order valence-corrected chi connectivity index (χ1v) is 8.95. The molecule has 0 saturated carbocycles. The molecular formula is C21H20BrN. The number of rotatable bonds is 6. The van der Waals surface area contributed by atoms with Crippen LogP contribution >= 0.6 is 15.9 Å². The molecule has 3 aromatic rings. The normalized spacial score (nSPS) is 10.5. The van der Waals surface area contributed by atoms with E-state index in [1.54, 1.807) is 0 Å². The van der Waals surface area contributed by atoms with Gasteiger partial charge in [-0.3, -0.25) is 0 Å². The molecule has 0 atom stereocenters. The van der Waals surface area contributed by atoms with Crippen molar-refractivity contribution in [1.29, 1.82) is 0 Å². The van der Waals surface area contributed by atoms with Gasteiger partial charge >= 0.3 is 0 Å². The van der Waals surface area contributed by atoms with E-state index in [0.717, 1.165) is 18.4 Å². The average Bonchev–Trinajstić information content (AvgIpc) is 2.63. The Morgan fingerprint density at radius 2 is 1.13 bits per heavy atom. The second-order valence-electron chi connectivity index (χ2n) is 5.63. The van der Waals surface area contributed by atoms with Gasteiger partial charge in [-0.25, -0.2) is 0 Å². The smallest absolute Gasteiger partial charge is 0.0433 e. The molecule has 0 radical (unpaired) electrons. The molecule has 0 aromatic heterocycles. The number of hydrogen-bond acceptors (Lipinski definition) is 1. The van der Waals surface area contributed by atoms with Crippen LogP contribution in [-0.2, 0) is 18.4 Å². The van der Waals surface area contributed by atoms with Crippen molar-refractivity contribution in [2.75, 3.05) is 4.90 Å². The summed E-state index contributed by atoms with van der Waals surface area (Å²) in [7, 11) is 0. The van der Waals surface area contributed by atoms with E-state index in [-0.39, 0.29) is 0 Å². The quantitative estimate of drug-likeness (QED) is 0.499. The van der Waals surface area contributed by atoms with Crippen LogP contribution in [0.3, 0.4) is 0 Å². The van der Waals surface area contributed by atoms with Crippen molar-refractivity contribution in [2.24, 2.45) is 0 Å². The monoisotopic (exact) mass is 365 g/mol. The third kappa shape index (κ3) is 4.46. The maximum atomic E-state index is 3.56. The molecule has 3 rings (SSSR count). The van der Waals surface area contributed by atoms with Crippen LogP contribution in [-0.4, -0.2) is 0 Å². The predicted octanol–water partition coefficient (Wildman–Crippen LogP) is 5.79. The maximum Gasteiger partial charge on any atom is 0.0433 e. The van der Waals surface area contributed by atoms with E-state index in [1.165, 1.54) is 22.4 Å². The van der Waals surface area contributed by atoms with Crippen molar-refractivity contribution in [3.63, 3.8) is 0 Å². The highest BCUT2D eigenvalue weighted by molar-refractivity contribution is 9.08. The van der Waals surface area contributed by atoms with Gasteiger partial charge in [-0.05, 0) is 28.8 Å². The molecule has 0 spiro atoms. The first-order chi connectivity index (χ1) is 11.3. The number of benzene rings is 3. The van der Waals surface area contributed by atoms with Crippen molar-refractivity contribution in [3.05, 3.63) is 102 Å². The third-order valence-corrected chi connectivity index (χ3v) is 4.51. The summed E-state index contributed by atoms with van der Waals surface area (Å²) in [6.07, 6.45) is 0. The minimum absolute atomic E-state index is 0.880. The van der Waals surface area contributed by atoms with E-state index < -0.39 is 0 Å². The Morgan fingerprint density at radius 3 is 1.65 bits per heavy atom. The van der Waals surface area contributed by atoms with Gasteiger partial charge in [0, 0.05) is 24.1 Å². The first-order valence-electron chi connectivity index (χ1n) is 7.83. The second kappa shape index (κ2) is 7.98. The molecule has 116 valence electrons. The van der Waals surface area contributed by atoms with Gasteiger partial charge in [0.25, 0.3) is 0 Å². The van der Waals surface area contributed by atoms with E-state index in [2.05, 4.69) is 106 Å². The average molecular weight is 366 g/mol. The molecule has 0 saturated heterocycles. The Balaban J connectivity index is 1.88. The van der Waals surface area contributed by atoms with Crippen molar-refractivity contribution >= 4 is 21.6 Å². The van der Waals surface area contributed by atoms with Crippen LogP contribution in [0.4, 0.5) is 5.69 Å². The fourth-order valence-electron chi connectivity index (χ4n) is 2.68. The van der Waals surface area contributed by atoms with Crippen LogP contribution in [0.15, 0.2) is 84.9 Å². The maximum absolute atomic E-state index is 3.56. The largest absolute Gasteiger partial charge is 0.363 e. The lowest BCUT2D eigenvalue weighted by Crippen LogP contribution is -2.22. The Bertz CT molecular complexity index is 684. The SMILES string of the molecule is BrCc1cccc(N(Cc2ccccc2)Cc2ccccc2)c1. The highest BCUT2D eigenvalue weighted by atomic mass is 79.9. The van der Waals surface area contributed by atoms with Gasteiger partial charge in [-0.2, -0.15) is 0 Å². The van der Waals surface area contributed by atoms with Crippen LogP contribution in [0.1, 0.15) is 16.7 Å². The van der Waals surface area contributed by atoms with Gasteiger partial charge in [0.2, 0.25) is 0 Å². The molecule has 0 aliphatic heterocycles. The number of alkyl halides is 1. The van der Waals surface area contributed by atoms with E-state index in [4.69, 9.17) is 0 Å². The summed E-state index contributed by atoms with van der Waals surface area (Å²) in [5.41, 5.74) is 5.21. The Kier molecular flexibility index (Phi) is 5.49. The summed E-state index contributed by atoms with van der Waals surface area (Å²) < 4.78 is 0. The standard InChI is InChI=1S/C21H20BrN/c22-15-20-12-7-13-21(14-20)23(16-18-8-3-1-4-9-18)17-19-10-5-2-6-11-19/h1-14H,15-17H2. The molecule has 0 unspecified atom stereocenters. The topological polar surface area (TPSA) is 3.24 Å². The molecule has 3 aromatic carbocycles. The summed E-state index contributed by atoms with van der Waals surface area (Å²) in [4.78, 5) is 2.43. The van der Waals surface area contributed by atoms with Crippen molar-refractivity contribution in [2.45, 2.75) is 18.4 Å². The lowest BCUT2D eigenvalue weighted by atomic mass is 10.1. The Labute approximate surface area is 146 Å². The van der Waals surface area contributed by atoms with E-state index in [0.29, 0.717) is 0 Å². The highest BCUT2D eigenvalue weighted by Crippen LogP contribution is 2.22. The van der Waals surface area contributed by atoms with Crippen LogP contribution in [0, 0.1) is 0 Å². The predicted molar refractivity (Wildman–Crippen MR) is 102 cm³/mol. The number of halogens is 1. The van der Waals surface area contributed by atoms with Gasteiger partial charge in [0.05, 0.1) is 0 Å². The van der Waals surface area contributed by atoms with Gasteiger partial charge in [-0.1, -0.05) is 88.7 Å². The minimum Gasteiger partial charge on any atom is -0.363 e. The molecule has 0 N–H and O–H groups in total. The zero-order chi connectivity index (χ0) is 15.9. The molecule has 0 aliphatic rings. The summed E-state index contributed by atoms with van der Waals surface area (Å²) in [5, 5.41) is 0.880. The highest BCUT2D eigenvalue weighted by Gasteiger charge is 2.09. The molecule has 2 heteroatoms. The number of hydrogen-bond donors (Lipinski definition) is 0. The molecule has 0 bridgehead atoms. The molecular weight excluding hydrogens is 346 g/mol. The van der Waals surface area contributed by atoms with Crippen molar-refractivity contribution < 1.29 is 0 Å². The molecule has 0 aliphatic carbocycles. The fourth-order valence-corrected chi connectivity index (χ4v) is 3.03. The van der Waals surface area contributed by atoms with Crippen LogP contribution < -0.4 is 4.90 Å². The third-order valence-electron chi connectivity index (χ3n) is 3.86. The van der Waals surface area contributed by atoms with Crippen LogP contribution in [0.2, 0.25) is 0 Å². The van der Waals surface area contributed by atoms with Crippen molar-refractivity contribution in [3.8, 4) is 0 Å². The van der Waals surface area contributed by atoms with Gasteiger partial charge in [0.15, 0.2) is 0 Å². The molecule has 0 amide bonds. The molecule has 0 fully saturated rings. The van der Waals surface area contributed by atoms with Crippen LogP contribution in [0.5, 0.6) is 0 Å². The number of anilines is 1.